The molecule has 0 bridgehead atoms. The maximum atomic E-state index is 11.2. The molecule has 0 saturated carbocycles. The average molecular weight is 313 g/mol. The fourth-order valence-electron chi connectivity index (χ4n) is 2.58. The molecule has 0 aromatic heterocycles. The van der Waals surface area contributed by atoms with E-state index in [0.29, 0.717) is 0 Å². The number of carbonyl (C=O) groups is 1. The van der Waals surface area contributed by atoms with Crippen molar-refractivity contribution in [1.29, 1.82) is 0 Å². The molecular formula is C21H31NO. The van der Waals surface area contributed by atoms with Crippen molar-refractivity contribution < 1.29 is 4.79 Å². The Hall–Kier alpha value is -1.67. The van der Waals surface area contributed by atoms with E-state index in [1.54, 1.807) is 0 Å². The van der Waals surface area contributed by atoms with Crippen LogP contribution in [0.2, 0.25) is 0 Å². The van der Waals surface area contributed by atoms with Crippen LogP contribution in [-0.2, 0) is 4.79 Å². The van der Waals surface area contributed by atoms with Gasteiger partial charge in [-0.25, -0.2) is 0 Å². The Kier molecular flexibility index (Phi) is 9.23. The van der Waals surface area contributed by atoms with Gasteiger partial charge in [0.15, 0.2) is 0 Å². The van der Waals surface area contributed by atoms with Gasteiger partial charge < -0.3 is 10.5 Å². The number of unbranched alkanes of at least 4 members (excludes halogenated alkanes) is 1. The molecule has 0 aliphatic rings. The quantitative estimate of drug-likeness (QED) is 0.339. The molecule has 0 saturated heterocycles. The molecule has 2 heteroatoms. The number of hydrogen-bond acceptors (Lipinski definition) is 2. The van der Waals surface area contributed by atoms with E-state index >= 15 is 0 Å². The Morgan fingerprint density at radius 3 is 2.17 bits per heavy atom. The highest BCUT2D eigenvalue weighted by molar-refractivity contribution is 5.59. The molecule has 126 valence electrons. The van der Waals surface area contributed by atoms with Crippen LogP contribution in [-0.4, -0.2) is 6.29 Å². The van der Waals surface area contributed by atoms with Crippen LogP contribution in [0.5, 0.6) is 0 Å². The number of carbonyl (C=O) groups excluding carboxylic acids is 1. The van der Waals surface area contributed by atoms with E-state index in [1.807, 2.05) is 18.2 Å². The number of rotatable bonds is 11. The first-order chi connectivity index (χ1) is 11.2. The Morgan fingerprint density at radius 2 is 1.61 bits per heavy atom. The SMILES string of the molecule is CCC(C=O)(CC)CC=CCCC=CCC(N)c1ccccc1. The van der Waals surface area contributed by atoms with Crippen molar-refractivity contribution in [2.75, 3.05) is 0 Å². The van der Waals surface area contributed by atoms with Crippen molar-refractivity contribution in [3.05, 3.63) is 60.2 Å². The smallest absolute Gasteiger partial charge is 0.126 e. The van der Waals surface area contributed by atoms with Crippen molar-refractivity contribution in [3.8, 4) is 0 Å². The van der Waals surface area contributed by atoms with Crippen molar-refractivity contribution in [1.82, 2.24) is 0 Å². The van der Waals surface area contributed by atoms with Gasteiger partial charge in [-0.1, -0.05) is 68.5 Å². The Labute approximate surface area is 141 Å². The monoisotopic (exact) mass is 313 g/mol. The lowest BCUT2D eigenvalue weighted by Gasteiger charge is -2.22. The fourth-order valence-corrected chi connectivity index (χ4v) is 2.58. The van der Waals surface area contributed by atoms with Crippen LogP contribution in [0.4, 0.5) is 0 Å². The van der Waals surface area contributed by atoms with Crippen molar-refractivity contribution in [2.45, 2.75) is 58.4 Å². The minimum absolute atomic E-state index is 0.0744. The number of allylic oxidation sites excluding steroid dienone is 3. The van der Waals surface area contributed by atoms with E-state index in [2.05, 4.69) is 50.3 Å². The van der Waals surface area contributed by atoms with E-state index in [1.165, 1.54) is 5.56 Å². The van der Waals surface area contributed by atoms with Gasteiger partial charge in [0.1, 0.15) is 6.29 Å². The highest BCUT2D eigenvalue weighted by atomic mass is 16.1. The molecule has 0 fully saturated rings. The summed E-state index contributed by atoms with van der Waals surface area (Å²) >= 11 is 0. The van der Waals surface area contributed by atoms with Crippen LogP contribution in [0, 0.1) is 5.41 Å². The molecule has 1 aromatic carbocycles. The number of nitrogens with two attached hydrogens (primary N) is 1. The molecule has 0 spiro atoms. The van der Waals surface area contributed by atoms with Crippen LogP contribution in [0.3, 0.4) is 0 Å². The lowest BCUT2D eigenvalue weighted by molar-refractivity contribution is -0.116. The first-order valence-electron chi connectivity index (χ1n) is 8.74. The maximum absolute atomic E-state index is 11.2. The van der Waals surface area contributed by atoms with Gasteiger partial charge in [0.05, 0.1) is 0 Å². The Morgan fingerprint density at radius 1 is 1.00 bits per heavy atom. The van der Waals surface area contributed by atoms with Gasteiger partial charge >= 0.3 is 0 Å². The topological polar surface area (TPSA) is 43.1 Å². The van der Waals surface area contributed by atoms with Crippen LogP contribution in [0.25, 0.3) is 0 Å². The summed E-state index contributed by atoms with van der Waals surface area (Å²) in [6.45, 7) is 4.18. The van der Waals surface area contributed by atoms with E-state index in [4.69, 9.17) is 5.73 Å². The number of aldehydes is 1. The predicted octanol–water partition coefficient (Wildman–Crippen LogP) is 5.36. The molecule has 0 radical (unpaired) electrons. The van der Waals surface area contributed by atoms with Crippen LogP contribution in [0.15, 0.2) is 54.6 Å². The van der Waals surface area contributed by atoms with Gasteiger partial charge in [-0.15, -0.1) is 0 Å². The normalized spacial score (nSPS) is 13.7. The lowest BCUT2D eigenvalue weighted by Crippen LogP contribution is -2.19. The summed E-state index contributed by atoms with van der Waals surface area (Å²) in [6, 6.07) is 10.3. The molecular weight excluding hydrogens is 282 g/mol. The third kappa shape index (κ3) is 6.96. The van der Waals surface area contributed by atoms with E-state index < -0.39 is 0 Å². The zero-order chi connectivity index (χ0) is 17.0. The number of benzene rings is 1. The third-order valence-electron chi connectivity index (χ3n) is 4.63. The Balaban J connectivity index is 2.24. The molecule has 0 aliphatic carbocycles. The summed E-state index contributed by atoms with van der Waals surface area (Å²) in [5.41, 5.74) is 7.18. The van der Waals surface area contributed by atoms with Gasteiger partial charge in [0.2, 0.25) is 0 Å². The summed E-state index contributed by atoms with van der Waals surface area (Å²) in [4.78, 5) is 11.2. The largest absolute Gasteiger partial charge is 0.324 e. The maximum Gasteiger partial charge on any atom is 0.126 e. The van der Waals surface area contributed by atoms with Crippen molar-refractivity contribution in [2.24, 2.45) is 11.1 Å². The zero-order valence-corrected chi connectivity index (χ0v) is 14.6. The van der Waals surface area contributed by atoms with Gasteiger partial charge in [-0.3, -0.25) is 0 Å². The Bertz CT molecular complexity index is 486. The minimum atomic E-state index is -0.158. The fraction of sp³-hybridized carbons (Fsp3) is 0.476. The second-order valence-corrected chi connectivity index (χ2v) is 6.16. The molecule has 0 aliphatic heterocycles. The first-order valence-corrected chi connectivity index (χ1v) is 8.74. The van der Waals surface area contributed by atoms with Crippen molar-refractivity contribution in [3.63, 3.8) is 0 Å². The first kappa shape index (κ1) is 19.4. The highest BCUT2D eigenvalue weighted by Gasteiger charge is 2.23. The van der Waals surface area contributed by atoms with E-state index in [-0.39, 0.29) is 11.5 Å². The summed E-state index contributed by atoms with van der Waals surface area (Å²) in [7, 11) is 0. The summed E-state index contributed by atoms with van der Waals surface area (Å²) in [5, 5.41) is 0. The van der Waals surface area contributed by atoms with Crippen LogP contribution >= 0.6 is 0 Å². The molecule has 1 atom stereocenters. The second-order valence-electron chi connectivity index (χ2n) is 6.16. The molecule has 23 heavy (non-hydrogen) atoms. The van der Waals surface area contributed by atoms with Gasteiger partial charge in [0, 0.05) is 11.5 Å². The van der Waals surface area contributed by atoms with Crippen LogP contribution in [0.1, 0.15) is 64.0 Å². The molecule has 2 nitrogen and oxygen atoms in total. The lowest BCUT2D eigenvalue weighted by atomic mass is 9.81. The van der Waals surface area contributed by atoms with Crippen LogP contribution < -0.4 is 5.73 Å². The molecule has 1 rings (SSSR count). The summed E-state index contributed by atoms with van der Waals surface area (Å²) < 4.78 is 0. The van der Waals surface area contributed by atoms with E-state index in [0.717, 1.165) is 44.8 Å². The second kappa shape index (κ2) is 11.0. The van der Waals surface area contributed by atoms with Crippen molar-refractivity contribution >= 4 is 6.29 Å². The van der Waals surface area contributed by atoms with Gasteiger partial charge in [-0.2, -0.15) is 0 Å². The zero-order valence-electron chi connectivity index (χ0n) is 14.6. The van der Waals surface area contributed by atoms with Gasteiger partial charge in [0.25, 0.3) is 0 Å². The third-order valence-corrected chi connectivity index (χ3v) is 4.63. The molecule has 2 N–H and O–H groups in total. The standard InChI is InChI=1S/C21H31NO/c1-3-21(4-2,18-23)17-13-8-6-5-7-12-16-20(22)19-14-10-9-11-15-19/h7-15,18,20H,3-6,16-17,22H2,1-2H3. The highest BCUT2D eigenvalue weighted by Crippen LogP contribution is 2.28. The molecule has 0 amide bonds. The molecule has 0 heterocycles. The average Bonchev–Trinajstić information content (AvgIpc) is 2.61. The van der Waals surface area contributed by atoms with Gasteiger partial charge in [-0.05, 0) is 44.1 Å². The molecule has 1 aromatic rings. The summed E-state index contributed by atoms with van der Waals surface area (Å²) in [6.07, 6.45) is 15.4. The summed E-state index contributed by atoms with van der Waals surface area (Å²) in [5.74, 6) is 0. The van der Waals surface area contributed by atoms with E-state index in [9.17, 15) is 4.79 Å². The molecule has 1 unspecified atom stereocenters. The predicted molar refractivity (Wildman–Crippen MR) is 99.2 cm³/mol. The minimum Gasteiger partial charge on any atom is -0.324 e. The number of hydrogen-bond donors (Lipinski definition) is 1.